The van der Waals surface area contributed by atoms with Gasteiger partial charge in [-0.15, -0.1) is 5.10 Å². The Bertz CT molecular complexity index is 612. The van der Waals surface area contributed by atoms with Gasteiger partial charge in [0, 0.05) is 12.0 Å². The van der Waals surface area contributed by atoms with E-state index in [9.17, 15) is 4.79 Å². The minimum Gasteiger partial charge on any atom is -0.465 e. The molecule has 2 aromatic rings. The van der Waals surface area contributed by atoms with Crippen molar-refractivity contribution in [3.63, 3.8) is 0 Å². The Labute approximate surface area is 123 Å². The summed E-state index contributed by atoms with van der Waals surface area (Å²) >= 11 is 0. The first-order chi connectivity index (χ1) is 9.90. The van der Waals surface area contributed by atoms with Crippen molar-refractivity contribution in [1.29, 1.82) is 0 Å². The predicted octanol–water partition coefficient (Wildman–Crippen LogP) is 2.77. The van der Waals surface area contributed by atoms with Crippen LogP contribution < -0.4 is 5.32 Å². The molecule has 0 aliphatic carbocycles. The van der Waals surface area contributed by atoms with E-state index < -0.39 is 0 Å². The van der Waals surface area contributed by atoms with E-state index in [4.69, 9.17) is 4.42 Å². The number of methoxy groups -OCH3 is 1. The molecular formula is C15H19N3O3. The van der Waals surface area contributed by atoms with Crippen LogP contribution in [-0.4, -0.2) is 23.3 Å². The van der Waals surface area contributed by atoms with Crippen molar-refractivity contribution in [3.05, 3.63) is 41.3 Å². The van der Waals surface area contributed by atoms with Gasteiger partial charge in [-0.3, -0.25) is 0 Å². The number of hydrogen-bond donors (Lipinski definition) is 1. The Morgan fingerprint density at radius 2 is 1.90 bits per heavy atom. The summed E-state index contributed by atoms with van der Waals surface area (Å²) in [6.45, 7) is 6.56. The van der Waals surface area contributed by atoms with Crippen LogP contribution in [-0.2, 0) is 16.7 Å². The molecule has 21 heavy (non-hydrogen) atoms. The Balaban J connectivity index is 1.97. The highest BCUT2D eigenvalue weighted by Gasteiger charge is 2.21. The van der Waals surface area contributed by atoms with E-state index >= 15 is 0 Å². The first-order valence-corrected chi connectivity index (χ1v) is 6.65. The second-order valence-corrected chi connectivity index (χ2v) is 5.70. The maximum atomic E-state index is 11.3. The first kappa shape index (κ1) is 15.0. The lowest BCUT2D eigenvalue weighted by Crippen LogP contribution is -2.11. The van der Waals surface area contributed by atoms with Crippen LogP contribution in [0, 0.1) is 0 Å². The average molecular weight is 289 g/mol. The summed E-state index contributed by atoms with van der Waals surface area (Å²) < 4.78 is 10.2. The molecule has 0 aliphatic rings. The summed E-state index contributed by atoms with van der Waals surface area (Å²) in [7, 11) is 1.36. The van der Waals surface area contributed by atoms with E-state index in [0.29, 0.717) is 24.0 Å². The van der Waals surface area contributed by atoms with Crippen LogP contribution in [0.3, 0.4) is 0 Å². The lowest BCUT2D eigenvalue weighted by molar-refractivity contribution is 0.0600. The summed E-state index contributed by atoms with van der Waals surface area (Å²) in [4.78, 5) is 11.3. The molecule has 0 radical (unpaired) electrons. The monoisotopic (exact) mass is 289 g/mol. The van der Waals surface area contributed by atoms with Crippen LogP contribution in [0.15, 0.2) is 28.7 Å². The number of carbonyl (C=O) groups is 1. The number of esters is 1. The van der Waals surface area contributed by atoms with E-state index in [1.165, 1.54) is 7.11 Å². The molecule has 2 rings (SSSR count). The van der Waals surface area contributed by atoms with E-state index in [1.54, 1.807) is 12.1 Å². The molecule has 1 aromatic carbocycles. The van der Waals surface area contributed by atoms with E-state index in [0.717, 1.165) is 5.56 Å². The number of nitrogens with zero attached hydrogens (tertiary/aromatic N) is 2. The minimum atomic E-state index is -0.346. The van der Waals surface area contributed by atoms with Crippen molar-refractivity contribution in [2.24, 2.45) is 0 Å². The quantitative estimate of drug-likeness (QED) is 0.872. The summed E-state index contributed by atoms with van der Waals surface area (Å²) in [5.41, 5.74) is 1.35. The molecule has 6 nitrogen and oxygen atoms in total. The first-order valence-electron chi connectivity index (χ1n) is 6.65. The largest absolute Gasteiger partial charge is 0.465 e. The summed E-state index contributed by atoms with van der Waals surface area (Å²) in [6.07, 6.45) is 0. The van der Waals surface area contributed by atoms with Crippen molar-refractivity contribution in [2.75, 3.05) is 12.4 Å². The van der Waals surface area contributed by atoms with Gasteiger partial charge in [-0.1, -0.05) is 38.0 Å². The van der Waals surface area contributed by atoms with Crippen LogP contribution in [0.25, 0.3) is 0 Å². The third-order valence-corrected chi connectivity index (χ3v) is 2.89. The van der Waals surface area contributed by atoms with Crippen LogP contribution in [0.4, 0.5) is 6.01 Å². The standard InChI is InChI=1S/C15H19N3O3/c1-15(2,3)13-17-18-14(21-13)16-9-10-5-7-11(8-6-10)12(19)20-4/h5-8H,9H2,1-4H3,(H,16,18). The third kappa shape index (κ3) is 3.81. The van der Waals surface area contributed by atoms with Gasteiger partial charge in [-0.05, 0) is 17.7 Å². The number of nitrogens with one attached hydrogen (secondary N) is 1. The van der Waals surface area contributed by atoms with Gasteiger partial charge in [0.1, 0.15) is 0 Å². The molecule has 0 saturated carbocycles. The number of hydrogen-bond acceptors (Lipinski definition) is 6. The molecule has 1 heterocycles. The number of aromatic nitrogens is 2. The SMILES string of the molecule is COC(=O)c1ccc(CNc2nnc(C(C)(C)C)o2)cc1. The van der Waals surface area contributed by atoms with Crippen molar-refractivity contribution < 1.29 is 13.9 Å². The number of carbonyl (C=O) groups excluding carboxylic acids is 1. The maximum Gasteiger partial charge on any atom is 0.337 e. The normalized spacial score (nSPS) is 11.2. The van der Waals surface area contributed by atoms with Gasteiger partial charge in [-0.2, -0.15) is 0 Å². The van der Waals surface area contributed by atoms with Gasteiger partial charge in [0.15, 0.2) is 0 Å². The number of ether oxygens (including phenoxy) is 1. The molecule has 112 valence electrons. The van der Waals surface area contributed by atoms with Crippen LogP contribution in [0.2, 0.25) is 0 Å². The fourth-order valence-electron chi connectivity index (χ4n) is 1.65. The smallest absolute Gasteiger partial charge is 0.337 e. The molecule has 0 fully saturated rings. The summed E-state index contributed by atoms with van der Waals surface area (Å²) in [5.74, 6) is 0.243. The van der Waals surface area contributed by atoms with Gasteiger partial charge >= 0.3 is 12.0 Å². The van der Waals surface area contributed by atoms with Gasteiger partial charge in [0.25, 0.3) is 0 Å². The lowest BCUT2D eigenvalue weighted by atomic mass is 9.97. The maximum absolute atomic E-state index is 11.3. The van der Waals surface area contributed by atoms with Gasteiger partial charge in [-0.25, -0.2) is 4.79 Å². The molecule has 0 spiro atoms. The molecule has 0 atom stereocenters. The molecule has 1 N–H and O–H groups in total. The van der Waals surface area contributed by atoms with Gasteiger partial charge < -0.3 is 14.5 Å². The molecule has 0 unspecified atom stereocenters. The topological polar surface area (TPSA) is 77.2 Å². The lowest BCUT2D eigenvalue weighted by Gasteiger charge is -2.11. The fraction of sp³-hybridized carbons (Fsp3) is 0.400. The van der Waals surface area contributed by atoms with Crippen molar-refractivity contribution in [1.82, 2.24) is 10.2 Å². The van der Waals surface area contributed by atoms with E-state index in [2.05, 4.69) is 20.3 Å². The Morgan fingerprint density at radius 3 is 2.43 bits per heavy atom. The second-order valence-electron chi connectivity index (χ2n) is 5.70. The van der Waals surface area contributed by atoms with E-state index in [1.807, 2.05) is 32.9 Å². The Hall–Kier alpha value is -2.37. The van der Waals surface area contributed by atoms with Gasteiger partial charge in [0.05, 0.1) is 12.7 Å². The third-order valence-electron chi connectivity index (χ3n) is 2.89. The summed E-state index contributed by atoms with van der Waals surface area (Å²) in [5, 5.41) is 11.0. The van der Waals surface area contributed by atoms with E-state index in [-0.39, 0.29) is 11.4 Å². The molecule has 0 saturated heterocycles. The van der Waals surface area contributed by atoms with Crippen molar-refractivity contribution in [3.8, 4) is 0 Å². The number of anilines is 1. The van der Waals surface area contributed by atoms with Crippen LogP contribution in [0.5, 0.6) is 0 Å². The fourth-order valence-corrected chi connectivity index (χ4v) is 1.65. The van der Waals surface area contributed by atoms with Crippen molar-refractivity contribution >= 4 is 12.0 Å². The highest BCUT2D eigenvalue weighted by atomic mass is 16.5. The Kier molecular flexibility index (Phi) is 4.26. The molecular weight excluding hydrogens is 270 g/mol. The zero-order chi connectivity index (χ0) is 15.5. The number of rotatable bonds is 4. The van der Waals surface area contributed by atoms with Crippen molar-refractivity contribution in [2.45, 2.75) is 32.7 Å². The molecule has 1 aromatic heterocycles. The molecule has 6 heteroatoms. The van der Waals surface area contributed by atoms with Gasteiger partial charge in [0.2, 0.25) is 5.89 Å². The zero-order valence-electron chi connectivity index (χ0n) is 12.6. The molecule has 0 bridgehead atoms. The number of benzene rings is 1. The predicted molar refractivity (Wildman–Crippen MR) is 78.1 cm³/mol. The highest BCUT2D eigenvalue weighted by molar-refractivity contribution is 5.89. The molecule has 0 aliphatic heterocycles. The van der Waals surface area contributed by atoms with Crippen LogP contribution in [0.1, 0.15) is 42.6 Å². The Morgan fingerprint density at radius 1 is 1.24 bits per heavy atom. The molecule has 0 amide bonds. The zero-order valence-corrected chi connectivity index (χ0v) is 12.6. The summed E-state index contributed by atoms with van der Waals surface area (Å²) in [6, 6.07) is 7.52. The van der Waals surface area contributed by atoms with Crippen LogP contribution >= 0.6 is 0 Å². The second kappa shape index (κ2) is 5.95. The highest BCUT2D eigenvalue weighted by Crippen LogP contribution is 2.22. The minimum absolute atomic E-state index is 0.172. The average Bonchev–Trinajstić information content (AvgIpc) is 2.94.